The third-order valence-electron chi connectivity index (χ3n) is 2.85. The summed E-state index contributed by atoms with van der Waals surface area (Å²) in [6.07, 6.45) is 2.78. The maximum absolute atomic E-state index is 11.6. The van der Waals surface area contributed by atoms with Crippen molar-refractivity contribution < 1.29 is 14.3 Å². The number of carbonyl (C=O) groups excluding carboxylic acids is 1. The topological polar surface area (TPSA) is 47.6 Å². The maximum atomic E-state index is 11.6. The second kappa shape index (κ2) is 6.86. The van der Waals surface area contributed by atoms with E-state index in [0.29, 0.717) is 12.0 Å². The highest BCUT2D eigenvalue weighted by Gasteiger charge is 2.24. The molecule has 1 fully saturated rings. The molecule has 1 aliphatic rings. The van der Waals surface area contributed by atoms with Gasteiger partial charge in [-0.2, -0.15) is 0 Å². The molecule has 0 aliphatic carbocycles. The number of rotatable bonds is 5. The Morgan fingerprint density at radius 1 is 1.44 bits per heavy atom. The van der Waals surface area contributed by atoms with Crippen molar-refractivity contribution in [3.05, 3.63) is 0 Å². The fraction of sp³-hybridized carbons (Fsp3) is 0.917. The maximum Gasteiger partial charge on any atom is 0.322 e. The SMILES string of the molecule is COC(=O)C(CC(C)C)NC1CCOCC1. The number of methoxy groups -OCH3 is 1. The highest BCUT2D eigenvalue weighted by atomic mass is 16.5. The fourth-order valence-electron chi connectivity index (χ4n) is 1.99. The van der Waals surface area contributed by atoms with Crippen molar-refractivity contribution in [2.75, 3.05) is 20.3 Å². The van der Waals surface area contributed by atoms with Gasteiger partial charge in [0, 0.05) is 19.3 Å². The first-order valence-electron chi connectivity index (χ1n) is 6.05. The summed E-state index contributed by atoms with van der Waals surface area (Å²) in [5.41, 5.74) is 0. The number of carbonyl (C=O) groups is 1. The lowest BCUT2D eigenvalue weighted by atomic mass is 10.0. The summed E-state index contributed by atoms with van der Waals surface area (Å²) in [4.78, 5) is 11.6. The number of esters is 1. The fourth-order valence-corrected chi connectivity index (χ4v) is 1.99. The second-order valence-electron chi connectivity index (χ2n) is 4.76. The van der Waals surface area contributed by atoms with Gasteiger partial charge in [0.2, 0.25) is 0 Å². The summed E-state index contributed by atoms with van der Waals surface area (Å²) < 4.78 is 10.1. The second-order valence-corrected chi connectivity index (χ2v) is 4.76. The minimum Gasteiger partial charge on any atom is -0.468 e. The number of ether oxygens (including phenoxy) is 2. The van der Waals surface area contributed by atoms with Crippen molar-refractivity contribution in [3.63, 3.8) is 0 Å². The van der Waals surface area contributed by atoms with Gasteiger partial charge in [0.1, 0.15) is 6.04 Å². The Labute approximate surface area is 97.7 Å². The van der Waals surface area contributed by atoms with E-state index in [1.165, 1.54) is 7.11 Å². The van der Waals surface area contributed by atoms with E-state index < -0.39 is 0 Å². The van der Waals surface area contributed by atoms with E-state index in [-0.39, 0.29) is 12.0 Å². The summed E-state index contributed by atoms with van der Waals surface area (Å²) in [7, 11) is 1.45. The highest BCUT2D eigenvalue weighted by Crippen LogP contribution is 2.12. The molecule has 0 radical (unpaired) electrons. The molecular formula is C12H23NO3. The zero-order valence-corrected chi connectivity index (χ0v) is 10.5. The molecule has 0 saturated carbocycles. The average molecular weight is 229 g/mol. The van der Waals surface area contributed by atoms with E-state index in [1.54, 1.807) is 0 Å². The van der Waals surface area contributed by atoms with Crippen LogP contribution in [-0.2, 0) is 14.3 Å². The van der Waals surface area contributed by atoms with E-state index in [0.717, 1.165) is 32.5 Å². The minimum atomic E-state index is -0.173. The van der Waals surface area contributed by atoms with E-state index in [2.05, 4.69) is 19.2 Å². The zero-order valence-electron chi connectivity index (χ0n) is 10.5. The monoisotopic (exact) mass is 229 g/mol. The summed E-state index contributed by atoms with van der Waals surface area (Å²) in [5, 5.41) is 3.38. The number of hydrogen-bond donors (Lipinski definition) is 1. The van der Waals surface area contributed by atoms with E-state index in [4.69, 9.17) is 9.47 Å². The molecule has 94 valence electrons. The molecule has 4 nitrogen and oxygen atoms in total. The van der Waals surface area contributed by atoms with Gasteiger partial charge in [-0.3, -0.25) is 4.79 Å². The van der Waals surface area contributed by atoms with Gasteiger partial charge in [0.25, 0.3) is 0 Å². The summed E-state index contributed by atoms with van der Waals surface area (Å²) >= 11 is 0. The third-order valence-corrected chi connectivity index (χ3v) is 2.85. The van der Waals surface area contributed by atoms with Gasteiger partial charge in [-0.15, -0.1) is 0 Å². The molecule has 0 spiro atoms. The molecule has 0 aromatic rings. The van der Waals surface area contributed by atoms with Gasteiger partial charge in [-0.1, -0.05) is 13.8 Å². The quantitative estimate of drug-likeness (QED) is 0.723. The van der Waals surface area contributed by atoms with Crippen LogP contribution in [0.25, 0.3) is 0 Å². The molecule has 0 aromatic heterocycles. The normalized spacial score (nSPS) is 19.8. The van der Waals surface area contributed by atoms with Gasteiger partial charge in [-0.05, 0) is 25.2 Å². The molecule has 1 rings (SSSR count). The summed E-state index contributed by atoms with van der Waals surface area (Å²) in [6.45, 7) is 5.80. The Kier molecular flexibility index (Phi) is 5.77. The van der Waals surface area contributed by atoms with Crippen LogP contribution in [0.1, 0.15) is 33.1 Å². The van der Waals surface area contributed by atoms with Crippen LogP contribution < -0.4 is 5.32 Å². The Bertz CT molecular complexity index is 212. The molecule has 0 aromatic carbocycles. The summed E-state index contributed by atoms with van der Waals surface area (Å²) in [5.74, 6) is 0.330. The number of nitrogens with one attached hydrogen (secondary N) is 1. The van der Waals surface area contributed by atoms with Gasteiger partial charge in [-0.25, -0.2) is 0 Å². The average Bonchev–Trinajstić information content (AvgIpc) is 2.28. The van der Waals surface area contributed by atoms with Crippen molar-refractivity contribution in [2.45, 2.75) is 45.2 Å². The van der Waals surface area contributed by atoms with Crippen molar-refractivity contribution in [1.82, 2.24) is 5.32 Å². The molecule has 16 heavy (non-hydrogen) atoms. The van der Waals surface area contributed by atoms with Gasteiger partial charge in [0.15, 0.2) is 0 Å². The minimum absolute atomic E-state index is 0.153. The van der Waals surface area contributed by atoms with Crippen molar-refractivity contribution >= 4 is 5.97 Å². The molecular weight excluding hydrogens is 206 g/mol. The van der Waals surface area contributed by atoms with Crippen LogP contribution in [0.3, 0.4) is 0 Å². The lowest BCUT2D eigenvalue weighted by Gasteiger charge is -2.28. The van der Waals surface area contributed by atoms with Gasteiger partial charge < -0.3 is 14.8 Å². The lowest BCUT2D eigenvalue weighted by Crippen LogP contribution is -2.46. The van der Waals surface area contributed by atoms with Crippen molar-refractivity contribution in [3.8, 4) is 0 Å². The van der Waals surface area contributed by atoms with Crippen LogP contribution in [0.2, 0.25) is 0 Å². The van der Waals surface area contributed by atoms with Crippen LogP contribution in [0.4, 0.5) is 0 Å². The Morgan fingerprint density at radius 2 is 2.06 bits per heavy atom. The molecule has 0 amide bonds. The van der Waals surface area contributed by atoms with Gasteiger partial charge >= 0.3 is 5.97 Å². The first-order valence-corrected chi connectivity index (χ1v) is 6.05. The first-order chi connectivity index (χ1) is 7.63. The molecule has 1 atom stereocenters. The number of hydrogen-bond acceptors (Lipinski definition) is 4. The van der Waals surface area contributed by atoms with Crippen LogP contribution >= 0.6 is 0 Å². The molecule has 4 heteroatoms. The predicted molar refractivity (Wildman–Crippen MR) is 62.2 cm³/mol. The third kappa shape index (κ3) is 4.49. The first kappa shape index (κ1) is 13.5. The predicted octanol–water partition coefficient (Wildman–Crippen LogP) is 1.34. The van der Waals surface area contributed by atoms with Crippen LogP contribution in [0, 0.1) is 5.92 Å². The Morgan fingerprint density at radius 3 is 2.56 bits per heavy atom. The van der Waals surface area contributed by atoms with E-state index in [9.17, 15) is 4.79 Å². The molecule has 1 N–H and O–H groups in total. The van der Waals surface area contributed by atoms with Crippen LogP contribution in [0.5, 0.6) is 0 Å². The van der Waals surface area contributed by atoms with E-state index in [1.807, 2.05) is 0 Å². The smallest absolute Gasteiger partial charge is 0.322 e. The molecule has 1 saturated heterocycles. The van der Waals surface area contributed by atoms with Crippen molar-refractivity contribution in [2.24, 2.45) is 5.92 Å². The highest BCUT2D eigenvalue weighted by molar-refractivity contribution is 5.75. The zero-order chi connectivity index (χ0) is 12.0. The Balaban J connectivity index is 2.44. The largest absolute Gasteiger partial charge is 0.468 e. The summed E-state index contributed by atoms with van der Waals surface area (Å²) in [6, 6.07) is 0.213. The van der Waals surface area contributed by atoms with Crippen LogP contribution in [0.15, 0.2) is 0 Å². The van der Waals surface area contributed by atoms with Gasteiger partial charge in [0.05, 0.1) is 7.11 Å². The molecule has 0 bridgehead atoms. The standard InChI is InChI=1S/C12H23NO3/c1-9(2)8-11(12(14)15-3)13-10-4-6-16-7-5-10/h9-11,13H,4-8H2,1-3H3. The lowest BCUT2D eigenvalue weighted by molar-refractivity contribution is -0.144. The Hall–Kier alpha value is -0.610. The van der Waals surface area contributed by atoms with E-state index >= 15 is 0 Å². The molecule has 1 heterocycles. The molecule has 1 unspecified atom stereocenters. The molecule has 1 aliphatic heterocycles. The van der Waals surface area contributed by atoms with Crippen LogP contribution in [-0.4, -0.2) is 38.4 Å². The van der Waals surface area contributed by atoms with Crippen molar-refractivity contribution in [1.29, 1.82) is 0 Å².